The van der Waals surface area contributed by atoms with E-state index in [0.29, 0.717) is 17.5 Å². The average Bonchev–Trinajstić information content (AvgIpc) is 1.62. The predicted molar refractivity (Wildman–Crippen MR) is 446 cm³/mol. The lowest BCUT2D eigenvalue weighted by Gasteiger charge is -2.32. The Labute approximate surface area is 643 Å². The van der Waals surface area contributed by atoms with Crippen LogP contribution < -0.4 is 15.8 Å². The molecule has 0 bridgehead atoms. The molecule has 8 aromatic rings. The van der Waals surface area contributed by atoms with Crippen molar-refractivity contribution < 1.29 is 18.6 Å². The Kier molecular flexibility index (Phi) is 26.7. The minimum Gasteiger partial charge on any atom is -0.399 e. The van der Waals surface area contributed by atoms with Crippen molar-refractivity contribution in [3.05, 3.63) is 196 Å². The Bertz CT molecular complexity index is 3820. The van der Waals surface area contributed by atoms with Gasteiger partial charge < -0.3 is 23.5 Å². The fraction of sp³-hybridized carbons (Fsp3) is 0.483. The summed E-state index contributed by atoms with van der Waals surface area (Å²) < 4.78 is 30.5. The zero-order valence-corrected chi connectivity index (χ0v) is 71.7. The van der Waals surface area contributed by atoms with Crippen molar-refractivity contribution in [2.24, 2.45) is 0 Å². The molecule has 14 heteroatoms. The highest BCUT2D eigenvalue weighted by atomic mass is 79.9. The van der Waals surface area contributed by atoms with Crippen LogP contribution >= 0.6 is 63.7 Å². The van der Waals surface area contributed by atoms with E-state index in [2.05, 4.69) is 368 Å². The molecule has 8 nitrogen and oxygen atoms in total. The van der Waals surface area contributed by atoms with E-state index in [0.717, 1.165) is 70.0 Å². The summed E-state index contributed by atoms with van der Waals surface area (Å²) in [5.41, 5.74) is 17.9. The third-order valence-electron chi connectivity index (χ3n) is 20.7. The van der Waals surface area contributed by atoms with E-state index in [1.807, 2.05) is 0 Å². The number of aryl methyl sites for hydroxylation is 2. The van der Waals surface area contributed by atoms with E-state index in [1.54, 1.807) is 0 Å². The van der Waals surface area contributed by atoms with Gasteiger partial charge in [0.15, 0.2) is 17.5 Å². The number of hydrogen-bond donors (Lipinski definition) is 0. The first-order valence-electron chi connectivity index (χ1n) is 36.7. The molecular weight excluding hydrogens is 1510 g/mol. The number of halogens is 4. The van der Waals surface area contributed by atoms with Gasteiger partial charge in [-0.25, -0.2) is 15.0 Å². The van der Waals surface area contributed by atoms with Gasteiger partial charge in [-0.3, -0.25) is 0 Å². The lowest BCUT2D eigenvalue weighted by Crippen LogP contribution is -2.43. The van der Waals surface area contributed by atoms with E-state index in [9.17, 15) is 0 Å². The molecule has 10 rings (SSSR count). The summed E-state index contributed by atoms with van der Waals surface area (Å²) in [5.74, 6) is 1.97. The standard InChI is InChI=1S/C30H52B2O4.C30H31Br2N3.C27H31Br2N/c1-11-13-15-17-19-23-21-26(32-35-29(7,8)30(9,10)36-32)24(20-18-16-14-12-2)22-25(23)31-33-27(3,4)28(5,6)34-31;1-18-24(31)16-21(17-25(18)32)28-34-26(19-8-12-22(13-9-19)29(2,3)4)33-27(35-28)20-10-14-23(15-11-20)30(5,6)7;1-18-24(28)16-23(17-25(18)29)30(21-12-8-19(9-13-21)26(2,3)4)22-14-10-20(11-15-22)27(5,6)7/h21-22H,11-20H2,1-10H3;8-17H,1-7H3;8-17H,1-7H3. The highest BCUT2D eigenvalue weighted by Crippen LogP contribution is 2.43. The molecule has 0 atom stereocenters. The summed E-state index contributed by atoms with van der Waals surface area (Å²) in [6.07, 6.45) is 11.9. The number of anilines is 3. The zero-order chi connectivity index (χ0) is 74.6. The van der Waals surface area contributed by atoms with Gasteiger partial charge in [0, 0.05) is 51.6 Å². The Balaban J connectivity index is 0.000000193. The molecular formula is C87H114B2Br4N4O4. The fourth-order valence-electron chi connectivity index (χ4n) is 12.2. The van der Waals surface area contributed by atoms with Gasteiger partial charge in [-0.2, -0.15) is 0 Å². The second kappa shape index (κ2) is 32.9. The van der Waals surface area contributed by atoms with Gasteiger partial charge in [-0.1, -0.05) is 284 Å². The summed E-state index contributed by atoms with van der Waals surface area (Å²) in [6.45, 7) is 52.6. The Hall–Kier alpha value is -4.76. The molecule has 0 spiro atoms. The summed E-state index contributed by atoms with van der Waals surface area (Å²) in [6, 6.07) is 48.2. The first-order chi connectivity index (χ1) is 46.9. The molecule has 1 aromatic heterocycles. The van der Waals surface area contributed by atoms with Gasteiger partial charge in [0.2, 0.25) is 0 Å². The molecule has 2 aliphatic heterocycles. The molecule has 7 aromatic carbocycles. The second-order valence-electron chi connectivity index (χ2n) is 34.0. The monoisotopic (exact) mass is 1620 g/mol. The molecule has 2 aliphatic rings. The molecule has 3 heterocycles. The zero-order valence-electron chi connectivity index (χ0n) is 65.4. The third kappa shape index (κ3) is 20.4. The summed E-state index contributed by atoms with van der Waals surface area (Å²) >= 11 is 14.8. The highest BCUT2D eigenvalue weighted by Gasteiger charge is 2.54. The van der Waals surface area contributed by atoms with Gasteiger partial charge >= 0.3 is 14.2 Å². The van der Waals surface area contributed by atoms with Crippen molar-refractivity contribution in [3.63, 3.8) is 0 Å². The maximum Gasteiger partial charge on any atom is 0.495 e. The molecule has 0 radical (unpaired) electrons. The van der Waals surface area contributed by atoms with Crippen LogP contribution in [0.25, 0.3) is 34.2 Å². The smallest absolute Gasteiger partial charge is 0.399 e. The minimum atomic E-state index is -0.358. The number of hydrogen-bond acceptors (Lipinski definition) is 8. The van der Waals surface area contributed by atoms with E-state index in [-0.39, 0.29) is 58.3 Å². The number of benzene rings is 7. The van der Waals surface area contributed by atoms with Crippen molar-refractivity contribution in [2.45, 2.75) is 274 Å². The van der Waals surface area contributed by atoms with Crippen LogP contribution in [0.2, 0.25) is 0 Å². The van der Waals surface area contributed by atoms with Gasteiger partial charge in [0.1, 0.15) is 0 Å². The molecule has 0 aliphatic carbocycles. The first kappa shape index (κ1) is 81.9. The molecule has 101 heavy (non-hydrogen) atoms. The van der Waals surface area contributed by atoms with E-state index in [4.69, 9.17) is 33.6 Å². The Morgan fingerprint density at radius 3 is 0.891 bits per heavy atom. The van der Waals surface area contributed by atoms with Gasteiger partial charge in [0.25, 0.3) is 0 Å². The van der Waals surface area contributed by atoms with Crippen LogP contribution in [0.4, 0.5) is 17.1 Å². The Morgan fingerprint density at radius 2 is 0.614 bits per heavy atom. The van der Waals surface area contributed by atoms with Crippen LogP contribution in [0.3, 0.4) is 0 Å². The lowest BCUT2D eigenvalue weighted by molar-refractivity contribution is 0.00578. The van der Waals surface area contributed by atoms with Crippen LogP contribution in [-0.2, 0) is 53.1 Å². The van der Waals surface area contributed by atoms with E-state index >= 15 is 0 Å². The number of unbranched alkanes of at least 4 members (excludes halogenated alkanes) is 6. The van der Waals surface area contributed by atoms with Crippen molar-refractivity contribution in [3.8, 4) is 34.2 Å². The fourth-order valence-corrected chi connectivity index (χ4v) is 14.6. The molecule has 2 saturated heterocycles. The summed E-state index contributed by atoms with van der Waals surface area (Å²) in [5, 5.41) is 0. The molecule has 0 N–H and O–H groups in total. The highest BCUT2D eigenvalue weighted by molar-refractivity contribution is 9.11. The molecule has 0 saturated carbocycles. The van der Waals surface area contributed by atoms with Crippen LogP contribution in [0.5, 0.6) is 0 Å². The van der Waals surface area contributed by atoms with Gasteiger partial charge in [-0.15, -0.1) is 0 Å². The maximum atomic E-state index is 6.56. The molecule has 2 fully saturated rings. The lowest BCUT2D eigenvalue weighted by atomic mass is 9.67. The van der Waals surface area contributed by atoms with E-state index in [1.165, 1.54) is 101 Å². The van der Waals surface area contributed by atoms with Crippen LogP contribution in [-0.4, -0.2) is 51.6 Å². The summed E-state index contributed by atoms with van der Waals surface area (Å²) in [4.78, 5) is 17.0. The van der Waals surface area contributed by atoms with Crippen LogP contribution in [0.15, 0.2) is 151 Å². The van der Waals surface area contributed by atoms with Crippen molar-refractivity contribution in [1.29, 1.82) is 0 Å². The SMILES string of the molecule is CCCCCCc1cc(B2OC(C)(C)C(C)(C)O2)c(CCCCCC)cc1B1OC(C)(C)C(C)(C)O1.Cc1c(Br)cc(-c2nc(-c3ccc(C(C)(C)C)cc3)nc(-c3ccc(C(C)(C)C)cc3)n2)cc1Br.Cc1c(Br)cc(N(c2ccc(C(C)(C)C)cc2)c2ccc(C(C)(C)C)cc2)cc1Br. The molecule has 0 unspecified atom stereocenters. The first-order valence-corrected chi connectivity index (χ1v) is 39.9. The third-order valence-corrected chi connectivity index (χ3v) is 24.0. The minimum absolute atomic E-state index is 0.0865. The molecule has 540 valence electrons. The van der Waals surface area contributed by atoms with Crippen molar-refractivity contribution in [2.75, 3.05) is 4.90 Å². The van der Waals surface area contributed by atoms with E-state index < -0.39 is 0 Å². The predicted octanol–water partition coefficient (Wildman–Crippen LogP) is 25.4. The average molecular weight is 1620 g/mol. The van der Waals surface area contributed by atoms with Crippen molar-refractivity contribution >= 4 is 106 Å². The number of nitrogens with zero attached hydrogens (tertiary/aromatic N) is 4. The largest absolute Gasteiger partial charge is 0.495 e. The van der Waals surface area contributed by atoms with Gasteiger partial charge in [-0.05, 0) is 221 Å². The maximum absolute atomic E-state index is 6.56. The van der Waals surface area contributed by atoms with Crippen molar-refractivity contribution in [1.82, 2.24) is 15.0 Å². The van der Waals surface area contributed by atoms with Crippen LogP contribution in [0.1, 0.15) is 248 Å². The quantitative estimate of drug-likeness (QED) is 0.0621. The Morgan fingerprint density at radius 1 is 0.347 bits per heavy atom. The molecule has 0 amide bonds. The number of rotatable bonds is 18. The number of aromatic nitrogens is 3. The second-order valence-corrected chi connectivity index (χ2v) is 37.5. The summed E-state index contributed by atoms with van der Waals surface area (Å²) in [7, 11) is -0.698. The normalized spacial score (nSPS) is 15.6. The van der Waals surface area contributed by atoms with Crippen LogP contribution in [0, 0.1) is 13.8 Å². The topological polar surface area (TPSA) is 78.8 Å². The van der Waals surface area contributed by atoms with Gasteiger partial charge in [0.05, 0.1) is 22.4 Å².